The number of rotatable bonds is 2. The molecule has 1 saturated heterocycles. The third-order valence-electron chi connectivity index (χ3n) is 1.50. The van der Waals surface area contributed by atoms with Crippen molar-refractivity contribution in [2.75, 3.05) is 13.2 Å². The van der Waals surface area contributed by atoms with Crippen molar-refractivity contribution in [3.63, 3.8) is 0 Å². The van der Waals surface area contributed by atoms with Crippen LogP contribution in [0.15, 0.2) is 0 Å². The summed E-state index contributed by atoms with van der Waals surface area (Å²) in [4.78, 5) is 0. The van der Waals surface area contributed by atoms with Gasteiger partial charge >= 0.3 is 0 Å². The Balaban J connectivity index is 0.000000280. The fraction of sp³-hybridized carbons (Fsp3) is 1.00. The maximum Gasteiger partial charge on any atom is 0.0466 e. The molecule has 86 valence electrons. The number of nitrogens with zero attached hydrogens (tertiary/aromatic N) is 1. The van der Waals surface area contributed by atoms with Gasteiger partial charge in [-0.25, -0.2) is 0 Å². The predicted molar refractivity (Wildman–Crippen MR) is 70.1 cm³/mol. The molecule has 0 amide bonds. The highest BCUT2D eigenvalue weighted by molar-refractivity contribution is 7.00. The Morgan fingerprint density at radius 2 is 1.14 bits per heavy atom. The summed E-state index contributed by atoms with van der Waals surface area (Å²) in [6.45, 7) is 15.8. The molecule has 0 N–H and O–H groups in total. The molecule has 0 bridgehead atoms. The van der Waals surface area contributed by atoms with Crippen molar-refractivity contribution in [1.82, 2.24) is 0 Å². The van der Waals surface area contributed by atoms with Gasteiger partial charge in [-0.3, -0.25) is 0 Å². The minimum atomic E-state index is -1.11. The van der Waals surface area contributed by atoms with Crippen LogP contribution in [-0.2, 0) is 4.74 Å². The van der Waals surface area contributed by atoms with Crippen molar-refractivity contribution >= 4 is 16.5 Å². The van der Waals surface area contributed by atoms with Crippen LogP contribution in [0.2, 0.25) is 39.3 Å². The molecule has 1 heterocycles. The third-order valence-corrected chi connectivity index (χ3v) is 6.86. The zero-order chi connectivity index (χ0) is 11.2. The Morgan fingerprint density at radius 1 is 0.786 bits per heavy atom. The Morgan fingerprint density at radius 3 is 1.21 bits per heavy atom. The second-order valence-electron chi connectivity index (χ2n) is 5.77. The van der Waals surface area contributed by atoms with E-state index in [1.165, 1.54) is 12.8 Å². The summed E-state index contributed by atoms with van der Waals surface area (Å²) in [7, 11) is -2.21. The molecular weight excluding hydrogens is 206 g/mol. The van der Waals surface area contributed by atoms with E-state index >= 15 is 0 Å². The average molecular weight is 232 g/mol. The number of ether oxygens (including phenoxy) is 1. The number of hydrogen-bond acceptors (Lipinski definition) is 1. The lowest BCUT2D eigenvalue weighted by Crippen LogP contribution is -2.32. The molecule has 4 heteroatoms. The molecular formula is C10H26NOSi2-. The molecule has 0 aliphatic carbocycles. The molecule has 0 aromatic carbocycles. The van der Waals surface area contributed by atoms with E-state index in [1.807, 2.05) is 0 Å². The summed E-state index contributed by atoms with van der Waals surface area (Å²) in [5.74, 6) is 0. The fourth-order valence-corrected chi connectivity index (χ4v) is 9.57. The molecule has 1 aliphatic heterocycles. The lowest BCUT2D eigenvalue weighted by molar-refractivity contribution is 0.198. The molecule has 0 radical (unpaired) electrons. The monoisotopic (exact) mass is 232 g/mol. The van der Waals surface area contributed by atoms with Crippen LogP contribution in [0.25, 0.3) is 4.65 Å². The van der Waals surface area contributed by atoms with E-state index in [2.05, 4.69) is 39.3 Å². The molecule has 1 rings (SSSR count). The zero-order valence-electron chi connectivity index (χ0n) is 10.7. The van der Waals surface area contributed by atoms with Gasteiger partial charge in [0.05, 0.1) is 0 Å². The SMILES string of the molecule is C1CCOC1.C[Si](C)(C)[N-][Si](C)(C)C. The van der Waals surface area contributed by atoms with Crippen molar-refractivity contribution in [3.05, 3.63) is 4.65 Å². The molecule has 14 heavy (non-hydrogen) atoms. The van der Waals surface area contributed by atoms with E-state index in [9.17, 15) is 0 Å². The zero-order valence-corrected chi connectivity index (χ0v) is 12.7. The predicted octanol–water partition coefficient (Wildman–Crippen LogP) is 3.83. The van der Waals surface area contributed by atoms with E-state index in [1.54, 1.807) is 0 Å². The van der Waals surface area contributed by atoms with Gasteiger partial charge in [-0.15, -0.1) is 0 Å². The molecule has 0 spiro atoms. The highest BCUT2D eigenvalue weighted by atomic mass is 28.4. The van der Waals surface area contributed by atoms with Gasteiger partial charge in [0, 0.05) is 13.2 Å². The Hall–Kier alpha value is 0.354. The van der Waals surface area contributed by atoms with Crippen molar-refractivity contribution in [1.29, 1.82) is 0 Å². The van der Waals surface area contributed by atoms with E-state index < -0.39 is 16.5 Å². The minimum absolute atomic E-state index is 1.00. The van der Waals surface area contributed by atoms with Gasteiger partial charge in [-0.1, -0.05) is 55.8 Å². The van der Waals surface area contributed by atoms with Gasteiger partial charge in [0.2, 0.25) is 0 Å². The summed E-state index contributed by atoms with van der Waals surface area (Å²) in [5, 5.41) is 0. The van der Waals surface area contributed by atoms with Crippen LogP contribution in [0.3, 0.4) is 0 Å². The smallest absolute Gasteiger partial charge is 0.0466 e. The second-order valence-corrected chi connectivity index (χ2v) is 15.4. The van der Waals surface area contributed by atoms with Crippen LogP contribution in [-0.4, -0.2) is 29.7 Å². The first-order valence-electron chi connectivity index (χ1n) is 5.52. The first-order valence-corrected chi connectivity index (χ1v) is 12.4. The summed E-state index contributed by atoms with van der Waals surface area (Å²) in [5.41, 5.74) is 0. The van der Waals surface area contributed by atoms with E-state index in [-0.39, 0.29) is 0 Å². The molecule has 0 aromatic heterocycles. The molecule has 0 atom stereocenters. The molecule has 1 aliphatic rings. The average Bonchev–Trinajstić information content (AvgIpc) is 2.29. The van der Waals surface area contributed by atoms with Crippen LogP contribution < -0.4 is 0 Å². The van der Waals surface area contributed by atoms with Crippen LogP contribution in [0.5, 0.6) is 0 Å². The maximum atomic E-state index is 4.94. The van der Waals surface area contributed by atoms with Crippen LogP contribution in [0.1, 0.15) is 12.8 Å². The van der Waals surface area contributed by atoms with Crippen molar-refractivity contribution in [2.24, 2.45) is 0 Å². The molecule has 0 aromatic rings. The van der Waals surface area contributed by atoms with Crippen LogP contribution >= 0.6 is 0 Å². The number of hydrogen-bond donors (Lipinski definition) is 0. The first kappa shape index (κ1) is 14.4. The topological polar surface area (TPSA) is 23.3 Å². The van der Waals surface area contributed by atoms with Gasteiger partial charge < -0.3 is 9.38 Å². The highest BCUT2D eigenvalue weighted by Crippen LogP contribution is 2.19. The fourth-order valence-electron chi connectivity index (χ4n) is 1.52. The molecule has 0 unspecified atom stereocenters. The molecule has 0 saturated carbocycles. The Kier molecular flexibility index (Phi) is 6.20. The standard InChI is InChI=1S/C6H18NSi2.C4H8O/c1-8(2,3)7-9(4,5)6;1-2-4-5-3-1/h1-6H3;1-4H2/q-1;. The van der Waals surface area contributed by atoms with E-state index in [0.29, 0.717) is 0 Å². The van der Waals surface area contributed by atoms with Gasteiger partial charge in [-0.2, -0.15) is 0 Å². The lowest BCUT2D eigenvalue weighted by Gasteiger charge is -2.45. The quantitative estimate of drug-likeness (QED) is 0.664. The Bertz CT molecular complexity index is 126. The summed E-state index contributed by atoms with van der Waals surface area (Å²) in [6.07, 6.45) is 2.56. The molecule has 2 nitrogen and oxygen atoms in total. The van der Waals surface area contributed by atoms with Crippen molar-refractivity contribution in [2.45, 2.75) is 52.1 Å². The summed E-state index contributed by atoms with van der Waals surface area (Å²) >= 11 is 0. The normalized spacial score (nSPS) is 17.6. The van der Waals surface area contributed by atoms with Crippen LogP contribution in [0, 0.1) is 0 Å². The third kappa shape index (κ3) is 12.4. The summed E-state index contributed by atoms with van der Waals surface area (Å²) < 4.78 is 9.76. The largest absolute Gasteiger partial charge is 0.668 e. The van der Waals surface area contributed by atoms with Gasteiger partial charge in [0.25, 0.3) is 0 Å². The second kappa shape index (κ2) is 6.05. The van der Waals surface area contributed by atoms with E-state index in [4.69, 9.17) is 9.38 Å². The molecule has 1 fully saturated rings. The maximum absolute atomic E-state index is 4.94. The highest BCUT2D eigenvalue weighted by Gasteiger charge is 2.07. The van der Waals surface area contributed by atoms with Crippen molar-refractivity contribution < 1.29 is 4.74 Å². The van der Waals surface area contributed by atoms with Crippen molar-refractivity contribution in [3.8, 4) is 0 Å². The lowest BCUT2D eigenvalue weighted by atomic mass is 10.4. The minimum Gasteiger partial charge on any atom is -0.668 e. The van der Waals surface area contributed by atoms with Gasteiger partial charge in [0.15, 0.2) is 0 Å². The van der Waals surface area contributed by atoms with Gasteiger partial charge in [0.1, 0.15) is 0 Å². The Labute approximate surface area is 91.6 Å². The summed E-state index contributed by atoms with van der Waals surface area (Å²) in [6, 6.07) is 0. The van der Waals surface area contributed by atoms with Gasteiger partial charge in [-0.05, 0) is 12.8 Å². The van der Waals surface area contributed by atoms with Crippen LogP contribution in [0.4, 0.5) is 0 Å². The first-order chi connectivity index (χ1) is 6.21. The van der Waals surface area contributed by atoms with E-state index in [0.717, 1.165) is 13.2 Å².